The molecule has 0 aliphatic heterocycles. The summed E-state index contributed by atoms with van der Waals surface area (Å²) in [5.74, 6) is -0.814. The minimum Gasteiger partial charge on any atom is -0.506 e. The maximum Gasteiger partial charge on any atom is 0.268 e. The maximum absolute atomic E-state index is 12.7. The fraction of sp³-hybridized carbons (Fsp3) is 0.368. The molecule has 1 heterocycles. The summed E-state index contributed by atoms with van der Waals surface area (Å²) >= 11 is 0. The summed E-state index contributed by atoms with van der Waals surface area (Å²) in [6.07, 6.45) is 1.59. The van der Waals surface area contributed by atoms with Crippen LogP contribution in [0.1, 0.15) is 24.2 Å². The van der Waals surface area contributed by atoms with Gasteiger partial charge in [0.25, 0.3) is 11.5 Å². The van der Waals surface area contributed by atoms with Crippen LogP contribution < -0.4 is 15.8 Å². The Bertz CT molecular complexity index is 823. The zero-order chi connectivity index (χ0) is 18.4. The fourth-order valence-corrected chi connectivity index (χ4v) is 2.95. The summed E-state index contributed by atoms with van der Waals surface area (Å²) in [5.41, 5.74) is -0.145. The molecule has 6 heteroatoms. The first-order valence-electron chi connectivity index (χ1n) is 8.62. The van der Waals surface area contributed by atoms with Crippen LogP contribution in [0.3, 0.4) is 0 Å². The minimum absolute atomic E-state index is 0.213. The number of para-hydroxylation sites is 1. The van der Waals surface area contributed by atoms with Gasteiger partial charge in [-0.05, 0) is 26.0 Å². The van der Waals surface area contributed by atoms with E-state index in [-0.39, 0.29) is 17.9 Å². The number of hydrogen-bond donors (Lipinski definition) is 3. The Labute approximate surface area is 147 Å². The Kier molecular flexibility index (Phi) is 6.36. The summed E-state index contributed by atoms with van der Waals surface area (Å²) in [6, 6.07) is 6.98. The third-order valence-electron chi connectivity index (χ3n) is 4.45. The highest BCUT2D eigenvalue weighted by atomic mass is 16.3. The lowest BCUT2D eigenvalue weighted by Crippen LogP contribution is -3.12. The molecule has 0 atom stereocenters. The van der Waals surface area contributed by atoms with E-state index < -0.39 is 11.5 Å². The minimum atomic E-state index is -0.544. The molecule has 1 aromatic carbocycles. The molecule has 0 unspecified atom stereocenters. The summed E-state index contributed by atoms with van der Waals surface area (Å²) in [4.78, 5) is 26.6. The number of fused-ring (bicyclic) bond motifs is 1. The fourth-order valence-electron chi connectivity index (χ4n) is 2.95. The Morgan fingerprint density at radius 1 is 1.32 bits per heavy atom. The van der Waals surface area contributed by atoms with Crippen LogP contribution in [0, 0.1) is 0 Å². The van der Waals surface area contributed by atoms with E-state index in [1.807, 2.05) is 0 Å². The monoisotopic (exact) mass is 344 g/mol. The molecule has 1 aromatic heterocycles. The molecule has 0 bridgehead atoms. The molecule has 2 aromatic rings. The van der Waals surface area contributed by atoms with E-state index in [0.29, 0.717) is 17.4 Å². The first-order chi connectivity index (χ1) is 12.0. The third-order valence-corrected chi connectivity index (χ3v) is 4.45. The maximum atomic E-state index is 12.7. The zero-order valence-corrected chi connectivity index (χ0v) is 14.8. The topological polar surface area (TPSA) is 75.8 Å². The number of benzene rings is 1. The molecular weight excluding hydrogens is 318 g/mol. The number of nitrogens with zero attached hydrogens (tertiary/aromatic N) is 1. The lowest BCUT2D eigenvalue weighted by molar-refractivity contribution is -0.895. The summed E-state index contributed by atoms with van der Waals surface area (Å²) in [5, 5.41) is 13.7. The van der Waals surface area contributed by atoms with Gasteiger partial charge >= 0.3 is 0 Å². The van der Waals surface area contributed by atoms with E-state index in [1.54, 1.807) is 30.3 Å². The van der Waals surface area contributed by atoms with E-state index in [1.165, 1.54) is 9.47 Å². The average Bonchev–Trinajstić information content (AvgIpc) is 2.62. The Balaban J connectivity index is 2.38. The molecule has 0 aliphatic rings. The van der Waals surface area contributed by atoms with Crippen LogP contribution in [0.5, 0.6) is 5.75 Å². The second kappa shape index (κ2) is 8.48. The molecule has 134 valence electrons. The Hall–Kier alpha value is -2.60. The number of nitrogens with one attached hydrogen (secondary N) is 2. The third kappa shape index (κ3) is 3.91. The van der Waals surface area contributed by atoms with Crippen LogP contribution in [0.4, 0.5) is 0 Å². The molecule has 0 saturated heterocycles. The SMILES string of the molecule is C=CCn1c(=O)c(C(=O)NCC[NH+](CC)CC)c(O)c2ccccc21. The lowest BCUT2D eigenvalue weighted by Gasteiger charge is -2.16. The summed E-state index contributed by atoms with van der Waals surface area (Å²) < 4.78 is 1.45. The molecule has 0 radical (unpaired) electrons. The Morgan fingerprint density at radius 3 is 2.64 bits per heavy atom. The van der Waals surface area contributed by atoms with Gasteiger partial charge in [0, 0.05) is 11.9 Å². The van der Waals surface area contributed by atoms with Gasteiger partial charge in [-0.1, -0.05) is 18.2 Å². The van der Waals surface area contributed by atoms with Gasteiger partial charge in [0.1, 0.15) is 11.3 Å². The van der Waals surface area contributed by atoms with E-state index in [0.717, 1.165) is 19.6 Å². The van der Waals surface area contributed by atoms with Crippen molar-refractivity contribution < 1.29 is 14.8 Å². The second-order valence-electron chi connectivity index (χ2n) is 5.91. The van der Waals surface area contributed by atoms with Crippen molar-refractivity contribution in [3.8, 4) is 5.75 Å². The number of amides is 1. The molecule has 0 spiro atoms. The van der Waals surface area contributed by atoms with Crippen LogP contribution in [0.25, 0.3) is 10.9 Å². The van der Waals surface area contributed by atoms with E-state index in [4.69, 9.17) is 0 Å². The average molecular weight is 344 g/mol. The Morgan fingerprint density at radius 2 is 2.00 bits per heavy atom. The van der Waals surface area contributed by atoms with Gasteiger partial charge in [0.05, 0.1) is 31.7 Å². The van der Waals surface area contributed by atoms with Crippen LogP contribution in [0.2, 0.25) is 0 Å². The molecule has 0 saturated carbocycles. The van der Waals surface area contributed by atoms with E-state index >= 15 is 0 Å². The number of likely N-dealkylation sites (N-methyl/N-ethyl adjacent to an activating group) is 1. The van der Waals surface area contributed by atoms with Gasteiger partial charge in [0.15, 0.2) is 0 Å². The van der Waals surface area contributed by atoms with Crippen molar-refractivity contribution in [2.45, 2.75) is 20.4 Å². The highest BCUT2D eigenvalue weighted by molar-refractivity contribution is 6.02. The van der Waals surface area contributed by atoms with Gasteiger partial charge in [-0.15, -0.1) is 6.58 Å². The number of quaternary nitrogens is 1. The quantitative estimate of drug-likeness (QED) is 0.612. The molecule has 25 heavy (non-hydrogen) atoms. The van der Waals surface area contributed by atoms with Crippen molar-refractivity contribution >= 4 is 16.8 Å². The largest absolute Gasteiger partial charge is 0.506 e. The van der Waals surface area contributed by atoms with Crippen molar-refractivity contribution in [2.24, 2.45) is 0 Å². The number of aromatic hydroxyl groups is 1. The molecule has 0 aliphatic carbocycles. The van der Waals surface area contributed by atoms with Gasteiger partial charge in [-0.25, -0.2) is 0 Å². The number of carbonyl (C=O) groups is 1. The summed E-state index contributed by atoms with van der Waals surface area (Å²) in [7, 11) is 0. The van der Waals surface area contributed by atoms with Crippen molar-refractivity contribution in [1.82, 2.24) is 9.88 Å². The number of rotatable bonds is 8. The second-order valence-corrected chi connectivity index (χ2v) is 5.91. The van der Waals surface area contributed by atoms with Crippen molar-refractivity contribution in [3.63, 3.8) is 0 Å². The molecule has 1 amide bonds. The summed E-state index contributed by atoms with van der Waals surface area (Å²) in [6.45, 7) is 11.3. The molecular formula is C19H26N3O3+. The van der Waals surface area contributed by atoms with Gasteiger partial charge < -0.3 is 19.9 Å². The van der Waals surface area contributed by atoms with E-state index in [9.17, 15) is 14.7 Å². The zero-order valence-electron chi connectivity index (χ0n) is 14.8. The van der Waals surface area contributed by atoms with Gasteiger partial charge in [0.2, 0.25) is 0 Å². The smallest absolute Gasteiger partial charge is 0.268 e. The number of pyridine rings is 1. The predicted octanol–water partition coefficient (Wildman–Crippen LogP) is 0.548. The lowest BCUT2D eigenvalue weighted by atomic mass is 10.1. The van der Waals surface area contributed by atoms with Crippen LogP contribution in [-0.2, 0) is 6.54 Å². The van der Waals surface area contributed by atoms with Gasteiger partial charge in [-0.3, -0.25) is 9.59 Å². The number of hydrogen-bond acceptors (Lipinski definition) is 3. The number of allylic oxidation sites excluding steroid dienone is 1. The highest BCUT2D eigenvalue weighted by Crippen LogP contribution is 2.26. The molecule has 2 rings (SSSR count). The number of aromatic nitrogens is 1. The number of carbonyl (C=O) groups excluding carboxylic acids is 1. The standard InChI is InChI=1S/C19H25N3O3/c1-4-12-22-15-10-8-7-9-14(15)17(23)16(19(22)25)18(24)20-11-13-21(5-2)6-3/h4,7-10,23H,1,5-6,11-13H2,2-3H3,(H,20,24)/p+1. The van der Waals surface area contributed by atoms with Gasteiger partial charge in [-0.2, -0.15) is 0 Å². The molecule has 3 N–H and O–H groups in total. The normalized spacial score (nSPS) is 11.0. The molecule has 0 fully saturated rings. The first-order valence-corrected chi connectivity index (χ1v) is 8.62. The van der Waals surface area contributed by atoms with Crippen molar-refractivity contribution in [3.05, 3.63) is 52.8 Å². The first kappa shape index (κ1) is 18.7. The van der Waals surface area contributed by atoms with Crippen LogP contribution >= 0.6 is 0 Å². The highest BCUT2D eigenvalue weighted by Gasteiger charge is 2.21. The molecule has 6 nitrogen and oxygen atoms in total. The van der Waals surface area contributed by atoms with Crippen LogP contribution in [0.15, 0.2) is 41.7 Å². The predicted molar refractivity (Wildman–Crippen MR) is 99.3 cm³/mol. The van der Waals surface area contributed by atoms with E-state index in [2.05, 4.69) is 25.7 Å². The van der Waals surface area contributed by atoms with Crippen molar-refractivity contribution in [1.29, 1.82) is 0 Å². The van der Waals surface area contributed by atoms with Crippen molar-refractivity contribution in [2.75, 3.05) is 26.2 Å². The van der Waals surface area contributed by atoms with Crippen LogP contribution in [-0.4, -0.2) is 41.8 Å².